The smallest absolute Gasteiger partial charge is 0.416 e. The van der Waals surface area contributed by atoms with Crippen LogP contribution in [0.15, 0.2) is 53.0 Å². The van der Waals surface area contributed by atoms with Crippen LogP contribution in [0.4, 0.5) is 13.2 Å². The maximum Gasteiger partial charge on any atom is 0.416 e. The fourth-order valence-electron chi connectivity index (χ4n) is 2.14. The monoisotopic (exact) mass is 415 g/mol. The average Bonchev–Trinajstić information content (AvgIpc) is 2.53. The van der Waals surface area contributed by atoms with Crippen molar-refractivity contribution >= 4 is 27.8 Å². The number of rotatable bonds is 5. The van der Waals surface area contributed by atoms with Crippen LogP contribution in [0.5, 0.6) is 0 Å². The number of aliphatic carboxylic acids is 1. The van der Waals surface area contributed by atoms with Crippen molar-refractivity contribution in [1.29, 1.82) is 0 Å². The predicted octanol–water partition coefficient (Wildman–Crippen LogP) is 3.89. The van der Waals surface area contributed by atoms with Gasteiger partial charge in [0.2, 0.25) is 0 Å². The van der Waals surface area contributed by atoms with Crippen molar-refractivity contribution in [3.8, 4) is 0 Å². The zero-order chi connectivity index (χ0) is 18.6. The summed E-state index contributed by atoms with van der Waals surface area (Å²) in [5.74, 6) is -1.86. The molecule has 1 atom stereocenters. The number of halogens is 4. The minimum Gasteiger partial charge on any atom is -0.480 e. The number of nitrogens with one attached hydrogen (secondary N) is 1. The second-order valence-electron chi connectivity index (χ2n) is 5.27. The highest BCUT2D eigenvalue weighted by molar-refractivity contribution is 9.10. The topological polar surface area (TPSA) is 66.4 Å². The first-order chi connectivity index (χ1) is 11.7. The predicted molar refractivity (Wildman–Crippen MR) is 88.2 cm³/mol. The number of carbonyl (C=O) groups is 2. The standard InChI is InChI=1S/C17H13BrF3NO3/c18-13-3-1-2-11(9-13)15(23)22-14(16(24)25)8-10-4-6-12(7-5-10)17(19,20)21/h1-7,9,14H,8H2,(H,22,23)(H,24,25)/t14-/m0/s1. The van der Waals surface area contributed by atoms with Gasteiger partial charge in [0, 0.05) is 16.5 Å². The van der Waals surface area contributed by atoms with Gasteiger partial charge in [-0.1, -0.05) is 34.1 Å². The maximum absolute atomic E-state index is 12.5. The molecule has 0 aromatic heterocycles. The van der Waals surface area contributed by atoms with Gasteiger partial charge in [-0.25, -0.2) is 4.79 Å². The molecule has 1 amide bonds. The molecule has 0 aliphatic carbocycles. The van der Waals surface area contributed by atoms with Gasteiger partial charge in [-0.2, -0.15) is 13.2 Å². The van der Waals surface area contributed by atoms with E-state index >= 15 is 0 Å². The number of carbonyl (C=O) groups excluding carboxylic acids is 1. The number of benzene rings is 2. The zero-order valence-electron chi connectivity index (χ0n) is 12.7. The van der Waals surface area contributed by atoms with Gasteiger partial charge in [-0.3, -0.25) is 4.79 Å². The summed E-state index contributed by atoms with van der Waals surface area (Å²) in [6.07, 6.45) is -4.59. The van der Waals surface area contributed by atoms with Crippen molar-refractivity contribution in [1.82, 2.24) is 5.32 Å². The van der Waals surface area contributed by atoms with Crippen LogP contribution in [0.3, 0.4) is 0 Å². The molecule has 2 N–H and O–H groups in total. The normalized spacial score (nSPS) is 12.5. The Kier molecular flexibility index (Phi) is 5.84. The fourth-order valence-corrected chi connectivity index (χ4v) is 2.54. The first-order valence-electron chi connectivity index (χ1n) is 7.12. The molecule has 0 aliphatic rings. The molecule has 0 saturated carbocycles. The molecule has 0 aliphatic heterocycles. The van der Waals surface area contributed by atoms with Crippen molar-refractivity contribution < 1.29 is 27.9 Å². The van der Waals surface area contributed by atoms with Crippen molar-refractivity contribution in [2.75, 3.05) is 0 Å². The third kappa shape index (κ3) is 5.32. The molecule has 25 heavy (non-hydrogen) atoms. The molecular formula is C17H13BrF3NO3. The van der Waals surface area contributed by atoms with Gasteiger partial charge in [0.25, 0.3) is 5.91 Å². The molecule has 0 bridgehead atoms. The summed E-state index contributed by atoms with van der Waals surface area (Å²) in [4.78, 5) is 23.5. The second kappa shape index (κ2) is 7.69. The fraction of sp³-hybridized carbons (Fsp3) is 0.176. The van der Waals surface area contributed by atoms with Crippen molar-refractivity contribution in [2.45, 2.75) is 18.6 Å². The molecule has 132 valence electrons. The van der Waals surface area contributed by atoms with Crippen molar-refractivity contribution in [2.24, 2.45) is 0 Å². The Bertz CT molecular complexity index is 775. The molecular weight excluding hydrogens is 403 g/mol. The number of hydrogen-bond acceptors (Lipinski definition) is 2. The number of alkyl halides is 3. The van der Waals surface area contributed by atoms with Crippen LogP contribution in [0.2, 0.25) is 0 Å². The van der Waals surface area contributed by atoms with Crippen LogP contribution in [0.25, 0.3) is 0 Å². The minimum absolute atomic E-state index is 0.132. The Morgan fingerprint density at radius 3 is 2.28 bits per heavy atom. The summed E-state index contributed by atoms with van der Waals surface area (Å²) in [5, 5.41) is 11.6. The number of hydrogen-bond donors (Lipinski definition) is 2. The average molecular weight is 416 g/mol. The van der Waals surface area contributed by atoms with Crippen molar-refractivity contribution in [3.63, 3.8) is 0 Å². The van der Waals surface area contributed by atoms with Gasteiger partial charge in [0.05, 0.1) is 5.56 Å². The van der Waals surface area contributed by atoms with Crippen LogP contribution in [0, 0.1) is 0 Å². The van der Waals surface area contributed by atoms with Crippen LogP contribution in [0.1, 0.15) is 21.5 Å². The van der Waals surface area contributed by atoms with Gasteiger partial charge in [-0.05, 0) is 35.9 Å². The van der Waals surface area contributed by atoms with Gasteiger partial charge in [0.15, 0.2) is 0 Å². The van der Waals surface area contributed by atoms with Crippen LogP contribution < -0.4 is 5.32 Å². The Balaban J connectivity index is 2.11. The van der Waals surface area contributed by atoms with E-state index < -0.39 is 29.7 Å². The van der Waals surface area contributed by atoms with E-state index in [2.05, 4.69) is 21.2 Å². The highest BCUT2D eigenvalue weighted by Crippen LogP contribution is 2.29. The first-order valence-corrected chi connectivity index (χ1v) is 7.91. The van der Waals surface area contributed by atoms with E-state index in [1.807, 2.05) is 0 Å². The molecule has 0 unspecified atom stereocenters. The van der Waals surface area contributed by atoms with E-state index in [1.165, 1.54) is 24.3 Å². The molecule has 0 fully saturated rings. The second-order valence-corrected chi connectivity index (χ2v) is 6.19. The maximum atomic E-state index is 12.5. The van der Waals surface area contributed by atoms with E-state index in [-0.39, 0.29) is 12.0 Å². The number of carboxylic acid groups (broad SMARTS) is 1. The molecule has 2 aromatic carbocycles. The molecule has 2 aromatic rings. The Hall–Kier alpha value is -2.35. The van der Waals surface area contributed by atoms with Gasteiger partial charge in [0.1, 0.15) is 6.04 Å². The summed E-state index contributed by atoms with van der Waals surface area (Å²) in [6, 6.07) is 9.30. The summed E-state index contributed by atoms with van der Waals surface area (Å²) < 4.78 is 38.3. The molecule has 0 saturated heterocycles. The third-order valence-corrected chi connectivity index (χ3v) is 3.90. The highest BCUT2D eigenvalue weighted by Gasteiger charge is 2.30. The van der Waals surface area contributed by atoms with Gasteiger partial charge >= 0.3 is 12.1 Å². The van der Waals surface area contributed by atoms with Gasteiger partial charge < -0.3 is 10.4 Å². The summed E-state index contributed by atoms with van der Waals surface area (Å²) in [7, 11) is 0. The molecule has 0 radical (unpaired) electrons. The van der Waals surface area contributed by atoms with E-state index in [0.717, 1.165) is 12.1 Å². The molecule has 4 nitrogen and oxygen atoms in total. The van der Waals surface area contributed by atoms with Crippen LogP contribution >= 0.6 is 15.9 Å². The number of carboxylic acids is 1. The zero-order valence-corrected chi connectivity index (χ0v) is 14.3. The largest absolute Gasteiger partial charge is 0.480 e. The van der Waals surface area contributed by atoms with Crippen molar-refractivity contribution in [3.05, 3.63) is 69.7 Å². The SMILES string of the molecule is O=C(N[C@@H](Cc1ccc(C(F)(F)F)cc1)C(=O)O)c1cccc(Br)c1. The summed E-state index contributed by atoms with van der Waals surface area (Å²) in [5.41, 5.74) is -0.177. The lowest BCUT2D eigenvalue weighted by Gasteiger charge is -2.15. The van der Waals surface area contributed by atoms with E-state index in [4.69, 9.17) is 0 Å². The van der Waals surface area contributed by atoms with Crippen LogP contribution in [-0.2, 0) is 17.4 Å². The molecule has 0 spiro atoms. The molecule has 8 heteroatoms. The summed E-state index contributed by atoms with van der Waals surface area (Å²) >= 11 is 3.21. The Morgan fingerprint density at radius 1 is 1.12 bits per heavy atom. The minimum atomic E-state index is -4.46. The van der Waals surface area contributed by atoms with E-state index in [9.17, 15) is 27.9 Å². The van der Waals surface area contributed by atoms with Gasteiger partial charge in [-0.15, -0.1) is 0 Å². The van der Waals surface area contributed by atoms with E-state index in [1.54, 1.807) is 12.1 Å². The Morgan fingerprint density at radius 2 is 1.76 bits per heavy atom. The number of amides is 1. The first kappa shape index (κ1) is 19.0. The third-order valence-electron chi connectivity index (χ3n) is 3.41. The summed E-state index contributed by atoms with van der Waals surface area (Å²) in [6.45, 7) is 0. The quantitative estimate of drug-likeness (QED) is 0.778. The van der Waals surface area contributed by atoms with Crippen LogP contribution in [-0.4, -0.2) is 23.0 Å². The lowest BCUT2D eigenvalue weighted by Crippen LogP contribution is -2.42. The molecule has 2 rings (SSSR count). The lowest BCUT2D eigenvalue weighted by molar-refractivity contribution is -0.139. The Labute approximate surface area is 149 Å². The van der Waals surface area contributed by atoms with E-state index in [0.29, 0.717) is 10.0 Å². The lowest BCUT2D eigenvalue weighted by atomic mass is 10.0. The molecule has 0 heterocycles. The highest BCUT2D eigenvalue weighted by atomic mass is 79.9.